The van der Waals surface area contributed by atoms with Crippen LogP contribution in [0.3, 0.4) is 0 Å². The molecule has 1 aromatic rings. The van der Waals surface area contributed by atoms with Gasteiger partial charge in [-0.25, -0.2) is 17.1 Å². The molecule has 0 aliphatic heterocycles. The summed E-state index contributed by atoms with van der Waals surface area (Å²) in [6, 6.07) is 3.99. The minimum Gasteiger partial charge on any atom is -0.316 e. The third-order valence-electron chi connectivity index (χ3n) is 4.08. The highest BCUT2D eigenvalue weighted by Gasteiger charge is 2.26. The summed E-state index contributed by atoms with van der Waals surface area (Å²) in [6.07, 6.45) is 4.55. The van der Waals surface area contributed by atoms with Gasteiger partial charge in [0.15, 0.2) is 0 Å². The van der Waals surface area contributed by atoms with Crippen LogP contribution in [0, 0.1) is 11.7 Å². The molecule has 0 spiro atoms. The predicted octanol–water partition coefficient (Wildman–Crippen LogP) is 2.36. The Morgan fingerprint density at radius 3 is 2.62 bits per heavy atom. The van der Waals surface area contributed by atoms with E-state index < -0.39 is 10.0 Å². The van der Waals surface area contributed by atoms with Gasteiger partial charge in [0.2, 0.25) is 10.0 Å². The molecule has 1 saturated carbocycles. The van der Waals surface area contributed by atoms with E-state index in [0.717, 1.165) is 12.8 Å². The van der Waals surface area contributed by atoms with Gasteiger partial charge < -0.3 is 5.32 Å². The Morgan fingerprint density at radius 1 is 1.33 bits per heavy atom. The number of sulfonamides is 1. The SMILES string of the molecule is CNCc1cc(S(=O)(=O)N(C)CC2CCCC2)ccc1F. The second kappa shape index (κ2) is 6.85. The Kier molecular flexibility index (Phi) is 5.35. The van der Waals surface area contributed by atoms with E-state index in [1.807, 2.05) is 0 Å². The molecule has 0 heterocycles. The van der Waals surface area contributed by atoms with Crippen LogP contribution in [0.5, 0.6) is 0 Å². The number of rotatable bonds is 6. The molecule has 1 N–H and O–H groups in total. The van der Waals surface area contributed by atoms with Crippen molar-refractivity contribution >= 4 is 10.0 Å². The summed E-state index contributed by atoms with van der Waals surface area (Å²) in [5.74, 6) is 0.0590. The fraction of sp³-hybridized carbons (Fsp3) is 0.600. The Morgan fingerprint density at radius 2 is 2.00 bits per heavy atom. The molecular weight excluding hydrogens is 291 g/mol. The van der Waals surface area contributed by atoms with E-state index in [4.69, 9.17) is 0 Å². The number of hydrogen-bond donors (Lipinski definition) is 1. The molecule has 0 atom stereocenters. The van der Waals surface area contributed by atoms with Gasteiger partial charge in [-0.15, -0.1) is 0 Å². The third kappa shape index (κ3) is 3.81. The van der Waals surface area contributed by atoms with Crippen LogP contribution in [-0.2, 0) is 16.6 Å². The van der Waals surface area contributed by atoms with Crippen LogP contribution in [0.25, 0.3) is 0 Å². The smallest absolute Gasteiger partial charge is 0.242 e. The van der Waals surface area contributed by atoms with Crippen molar-refractivity contribution in [2.24, 2.45) is 5.92 Å². The molecule has 118 valence electrons. The van der Waals surface area contributed by atoms with Gasteiger partial charge in [0.1, 0.15) is 5.82 Å². The maximum absolute atomic E-state index is 13.6. The monoisotopic (exact) mass is 314 g/mol. The van der Waals surface area contributed by atoms with Crippen molar-refractivity contribution in [2.75, 3.05) is 20.6 Å². The van der Waals surface area contributed by atoms with E-state index in [1.165, 1.54) is 35.3 Å². The van der Waals surface area contributed by atoms with E-state index in [-0.39, 0.29) is 10.7 Å². The fourth-order valence-corrected chi connectivity index (χ4v) is 4.17. The van der Waals surface area contributed by atoms with Crippen molar-refractivity contribution in [1.29, 1.82) is 0 Å². The molecule has 1 aromatic carbocycles. The number of hydrogen-bond acceptors (Lipinski definition) is 3. The Labute approximate surface area is 126 Å². The normalized spacial score (nSPS) is 16.8. The van der Waals surface area contributed by atoms with Crippen molar-refractivity contribution in [1.82, 2.24) is 9.62 Å². The van der Waals surface area contributed by atoms with E-state index in [9.17, 15) is 12.8 Å². The Balaban J connectivity index is 2.19. The van der Waals surface area contributed by atoms with E-state index in [2.05, 4.69) is 5.32 Å². The van der Waals surface area contributed by atoms with Crippen molar-refractivity contribution < 1.29 is 12.8 Å². The first-order valence-corrected chi connectivity index (χ1v) is 8.78. The van der Waals surface area contributed by atoms with Gasteiger partial charge in [0.25, 0.3) is 0 Å². The molecule has 2 rings (SSSR count). The molecule has 1 aliphatic carbocycles. The molecular formula is C15H23FN2O2S. The lowest BCUT2D eigenvalue weighted by atomic mass is 10.1. The summed E-state index contributed by atoms with van der Waals surface area (Å²) >= 11 is 0. The van der Waals surface area contributed by atoms with Crippen LogP contribution in [0.15, 0.2) is 23.1 Å². The quantitative estimate of drug-likeness (QED) is 0.877. The molecule has 4 nitrogen and oxygen atoms in total. The van der Waals surface area contributed by atoms with Crippen LogP contribution in [0.1, 0.15) is 31.2 Å². The third-order valence-corrected chi connectivity index (χ3v) is 5.90. The Hall–Kier alpha value is -0.980. The van der Waals surface area contributed by atoms with Crippen LogP contribution in [-0.4, -0.2) is 33.4 Å². The number of nitrogens with zero attached hydrogens (tertiary/aromatic N) is 1. The lowest BCUT2D eigenvalue weighted by molar-refractivity contribution is 0.387. The molecule has 0 bridgehead atoms. The van der Waals surface area contributed by atoms with Crippen LogP contribution in [0.2, 0.25) is 0 Å². The minimum absolute atomic E-state index is 0.162. The van der Waals surface area contributed by atoms with Crippen molar-refractivity contribution in [3.05, 3.63) is 29.6 Å². The first-order chi connectivity index (χ1) is 9.95. The van der Waals surface area contributed by atoms with E-state index in [0.29, 0.717) is 24.6 Å². The summed E-state index contributed by atoms with van der Waals surface area (Å²) in [4.78, 5) is 0.162. The summed E-state index contributed by atoms with van der Waals surface area (Å²) in [7, 11) is -0.238. The molecule has 0 saturated heterocycles. The highest BCUT2D eigenvalue weighted by Crippen LogP contribution is 2.27. The van der Waals surface area contributed by atoms with E-state index >= 15 is 0 Å². The molecule has 6 heteroatoms. The highest BCUT2D eigenvalue weighted by atomic mass is 32.2. The van der Waals surface area contributed by atoms with Crippen molar-refractivity contribution in [3.8, 4) is 0 Å². The topological polar surface area (TPSA) is 49.4 Å². The molecule has 21 heavy (non-hydrogen) atoms. The molecule has 0 amide bonds. The average Bonchev–Trinajstić information content (AvgIpc) is 2.94. The molecule has 0 unspecified atom stereocenters. The maximum atomic E-state index is 13.6. The fourth-order valence-electron chi connectivity index (χ4n) is 2.87. The van der Waals surface area contributed by atoms with Gasteiger partial charge >= 0.3 is 0 Å². The van der Waals surface area contributed by atoms with Gasteiger partial charge in [-0.05, 0) is 44.0 Å². The van der Waals surface area contributed by atoms with Crippen LogP contribution >= 0.6 is 0 Å². The zero-order valence-corrected chi connectivity index (χ0v) is 13.4. The summed E-state index contributed by atoms with van der Waals surface area (Å²) in [5, 5.41) is 2.84. The molecule has 0 radical (unpaired) electrons. The predicted molar refractivity (Wildman–Crippen MR) is 80.9 cm³/mol. The lowest BCUT2D eigenvalue weighted by Gasteiger charge is -2.21. The standard InChI is InChI=1S/C15H23FN2O2S/c1-17-10-13-9-14(7-8-15(13)16)21(19,20)18(2)11-12-5-3-4-6-12/h7-9,12,17H,3-6,10-11H2,1-2H3. The number of benzene rings is 1. The van der Waals surface area contributed by atoms with Crippen LogP contribution in [0.4, 0.5) is 4.39 Å². The molecule has 1 fully saturated rings. The number of nitrogens with one attached hydrogen (secondary N) is 1. The Bertz CT molecular complexity index is 583. The van der Waals surface area contributed by atoms with E-state index in [1.54, 1.807) is 14.1 Å². The summed E-state index contributed by atoms with van der Waals surface area (Å²) in [5.41, 5.74) is 0.368. The van der Waals surface area contributed by atoms with Gasteiger partial charge in [-0.2, -0.15) is 0 Å². The van der Waals surface area contributed by atoms with Gasteiger partial charge in [0.05, 0.1) is 4.90 Å². The van der Waals surface area contributed by atoms with Gasteiger partial charge in [-0.1, -0.05) is 12.8 Å². The van der Waals surface area contributed by atoms with Crippen molar-refractivity contribution in [2.45, 2.75) is 37.1 Å². The second-order valence-corrected chi connectivity index (χ2v) is 7.76. The maximum Gasteiger partial charge on any atom is 0.242 e. The minimum atomic E-state index is -3.55. The zero-order chi connectivity index (χ0) is 15.5. The summed E-state index contributed by atoms with van der Waals surface area (Å²) in [6.45, 7) is 0.850. The first-order valence-electron chi connectivity index (χ1n) is 7.34. The highest BCUT2D eigenvalue weighted by molar-refractivity contribution is 7.89. The lowest BCUT2D eigenvalue weighted by Crippen LogP contribution is -2.31. The first kappa shape index (κ1) is 16.4. The van der Waals surface area contributed by atoms with Crippen molar-refractivity contribution in [3.63, 3.8) is 0 Å². The average molecular weight is 314 g/mol. The van der Waals surface area contributed by atoms with Gasteiger partial charge in [0, 0.05) is 25.7 Å². The molecule has 0 aromatic heterocycles. The van der Waals surface area contributed by atoms with Gasteiger partial charge in [-0.3, -0.25) is 0 Å². The molecule has 1 aliphatic rings. The number of halogens is 1. The summed E-state index contributed by atoms with van der Waals surface area (Å²) < 4.78 is 40.2. The zero-order valence-electron chi connectivity index (χ0n) is 12.6. The second-order valence-electron chi connectivity index (χ2n) is 5.72. The van der Waals surface area contributed by atoms with Crippen LogP contribution < -0.4 is 5.32 Å². The largest absolute Gasteiger partial charge is 0.316 e.